The molecule has 2 unspecified atom stereocenters. The molecule has 0 bridgehead atoms. The number of fused-ring (bicyclic) bond motifs is 1. The summed E-state index contributed by atoms with van der Waals surface area (Å²) in [6.45, 7) is 0.111. The summed E-state index contributed by atoms with van der Waals surface area (Å²) >= 11 is 6.00. The number of amides is 2. The fourth-order valence-corrected chi connectivity index (χ4v) is 3.74. The van der Waals surface area contributed by atoms with Gasteiger partial charge < -0.3 is 20.1 Å². The maximum Gasteiger partial charge on any atom is 0.323 e. The van der Waals surface area contributed by atoms with E-state index < -0.39 is 30.4 Å². The van der Waals surface area contributed by atoms with Gasteiger partial charge in [0.25, 0.3) is 5.91 Å². The van der Waals surface area contributed by atoms with Crippen molar-refractivity contribution in [2.45, 2.75) is 12.0 Å². The van der Waals surface area contributed by atoms with Gasteiger partial charge in [0.15, 0.2) is 0 Å². The highest BCUT2D eigenvalue weighted by molar-refractivity contribution is 6.30. The SMILES string of the molecule is COCCNC(=O)C1c2ccccc2C(=O)N(CC(=O)O)C1c1ccc(Cl)cc1. The molecule has 0 saturated carbocycles. The molecule has 2 atom stereocenters. The van der Waals surface area contributed by atoms with Crippen molar-refractivity contribution in [3.8, 4) is 0 Å². The number of rotatable bonds is 7. The number of carboxylic acids is 1. The molecular weight excluding hydrogens is 396 g/mol. The van der Waals surface area contributed by atoms with Gasteiger partial charge in [-0.15, -0.1) is 0 Å². The van der Waals surface area contributed by atoms with E-state index in [2.05, 4.69) is 5.32 Å². The third kappa shape index (κ3) is 4.41. The summed E-state index contributed by atoms with van der Waals surface area (Å²) in [6, 6.07) is 12.7. The third-order valence-corrected chi connectivity index (χ3v) is 5.10. The van der Waals surface area contributed by atoms with Crippen LogP contribution in [0.25, 0.3) is 0 Å². The highest BCUT2D eigenvalue weighted by atomic mass is 35.5. The lowest BCUT2D eigenvalue weighted by molar-refractivity contribution is -0.139. The predicted molar refractivity (Wildman–Crippen MR) is 107 cm³/mol. The lowest BCUT2D eigenvalue weighted by Gasteiger charge is -2.41. The van der Waals surface area contributed by atoms with Crippen molar-refractivity contribution >= 4 is 29.4 Å². The van der Waals surface area contributed by atoms with Crippen molar-refractivity contribution in [1.82, 2.24) is 10.2 Å². The number of carbonyl (C=O) groups is 3. The number of aliphatic carboxylic acids is 1. The summed E-state index contributed by atoms with van der Waals surface area (Å²) in [5.74, 6) is -2.67. The Kier molecular flexibility index (Phi) is 6.51. The standard InChI is InChI=1S/C21H21ClN2O5/c1-29-11-10-23-20(27)18-15-4-2-3-5-16(15)21(28)24(12-17(25)26)19(18)13-6-8-14(22)9-7-13/h2-9,18-19H,10-12H2,1H3,(H,23,27)(H,25,26). The van der Waals surface area contributed by atoms with Gasteiger partial charge in [-0.05, 0) is 29.3 Å². The van der Waals surface area contributed by atoms with E-state index in [4.69, 9.17) is 16.3 Å². The number of ether oxygens (including phenoxy) is 1. The van der Waals surface area contributed by atoms with E-state index in [1.165, 1.54) is 12.0 Å². The number of hydrogen-bond donors (Lipinski definition) is 2. The summed E-state index contributed by atoms with van der Waals surface area (Å²) in [6.07, 6.45) is 0. The lowest BCUT2D eigenvalue weighted by Crippen LogP contribution is -2.49. The van der Waals surface area contributed by atoms with Crippen molar-refractivity contribution in [2.75, 3.05) is 26.8 Å². The van der Waals surface area contributed by atoms with E-state index in [0.717, 1.165) is 0 Å². The normalized spacial score (nSPS) is 18.3. The molecule has 7 nitrogen and oxygen atoms in total. The summed E-state index contributed by atoms with van der Waals surface area (Å²) in [7, 11) is 1.53. The van der Waals surface area contributed by atoms with E-state index in [-0.39, 0.29) is 5.91 Å². The van der Waals surface area contributed by atoms with E-state index >= 15 is 0 Å². The highest BCUT2D eigenvalue weighted by Gasteiger charge is 2.44. The molecule has 8 heteroatoms. The smallest absolute Gasteiger partial charge is 0.323 e. The quantitative estimate of drug-likeness (QED) is 0.676. The van der Waals surface area contributed by atoms with Gasteiger partial charge in [-0.3, -0.25) is 14.4 Å². The summed E-state index contributed by atoms with van der Waals surface area (Å²) < 4.78 is 4.99. The van der Waals surface area contributed by atoms with Gasteiger partial charge in [0.1, 0.15) is 6.54 Å². The van der Waals surface area contributed by atoms with Crippen LogP contribution in [-0.4, -0.2) is 54.6 Å². The zero-order valence-electron chi connectivity index (χ0n) is 15.8. The van der Waals surface area contributed by atoms with E-state index in [1.54, 1.807) is 48.5 Å². The molecule has 2 aromatic rings. The molecule has 0 saturated heterocycles. The largest absolute Gasteiger partial charge is 0.480 e. The minimum atomic E-state index is -1.16. The average molecular weight is 417 g/mol. The van der Waals surface area contributed by atoms with Crippen LogP contribution in [0.4, 0.5) is 0 Å². The van der Waals surface area contributed by atoms with Crippen LogP contribution in [0.5, 0.6) is 0 Å². The second-order valence-electron chi connectivity index (χ2n) is 6.67. The van der Waals surface area contributed by atoms with E-state index in [1.807, 2.05) is 0 Å². The van der Waals surface area contributed by atoms with E-state index in [0.29, 0.717) is 34.9 Å². The molecule has 2 aromatic carbocycles. The monoisotopic (exact) mass is 416 g/mol. The van der Waals surface area contributed by atoms with Gasteiger partial charge in [0, 0.05) is 24.2 Å². The van der Waals surface area contributed by atoms with Crippen molar-refractivity contribution in [3.05, 3.63) is 70.2 Å². The first-order valence-electron chi connectivity index (χ1n) is 9.08. The maximum atomic E-state index is 13.1. The Hall–Kier alpha value is -2.90. The van der Waals surface area contributed by atoms with Gasteiger partial charge in [-0.2, -0.15) is 0 Å². The number of carbonyl (C=O) groups excluding carboxylic acids is 2. The molecule has 0 aromatic heterocycles. The van der Waals surface area contributed by atoms with Gasteiger partial charge in [-0.25, -0.2) is 0 Å². The fourth-order valence-electron chi connectivity index (χ4n) is 3.61. The first-order valence-corrected chi connectivity index (χ1v) is 9.45. The maximum absolute atomic E-state index is 13.1. The number of halogens is 1. The van der Waals surface area contributed by atoms with Crippen molar-refractivity contribution in [3.63, 3.8) is 0 Å². The van der Waals surface area contributed by atoms with Crippen LogP contribution in [0.2, 0.25) is 5.02 Å². The number of carboxylic acid groups (broad SMARTS) is 1. The van der Waals surface area contributed by atoms with Crippen LogP contribution in [0.15, 0.2) is 48.5 Å². The number of nitrogens with one attached hydrogen (secondary N) is 1. The molecule has 3 rings (SSSR count). The van der Waals surface area contributed by atoms with Crippen molar-refractivity contribution in [2.24, 2.45) is 0 Å². The Morgan fingerprint density at radius 3 is 2.52 bits per heavy atom. The number of benzene rings is 2. The fraction of sp³-hybridized carbons (Fsp3) is 0.286. The van der Waals surface area contributed by atoms with Crippen LogP contribution >= 0.6 is 11.6 Å². The van der Waals surface area contributed by atoms with Crippen LogP contribution in [0, 0.1) is 0 Å². The predicted octanol–water partition coefficient (Wildman–Crippen LogP) is 2.47. The molecular formula is C21H21ClN2O5. The number of nitrogens with zero attached hydrogens (tertiary/aromatic N) is 1. The molecule has 2 N–H and O–H groups in total. The molecule has 29 heavy (non-hydrogen) atoms. The molecule has 0 spiro atoms. The van der Waals surface area contributed by atoms with Gasteiger partial charge >= 0.3 is 5.97 Å². The van der Waals surface area contributed by atoms with Gasteiger partial charge in [-0.1, -0.05) is 41.9 Å². The highest BCUT2D eigenvalue weighted by Crippen LogP contribution is 2.42. The molecule has 2 amide bonds. The first-order chi connectivity index (χ1) is 13.9. The Bertz CT molecular complexity index is 916. The molecule has 1 heterocycles. The zero-order chi connectivity index (χ0) is 21.0. The second-order valence-corrected chi connectivity index (χ2v) is 7.11. The van der Waals surface area contributed by atoms with Crippen LogP contribution in [-0.2, 0) is 14.3 Å². The lowest BCUT2D eigenvalue weighted by atomic mass is 9.79. The Balaban J connectivity index is 2.13. The minimum absolute atomic E-state index is 0.300. The summed E-state index contributed by atoms with van der Waals surface area (Å²) in [5.41, 5.74) is 1.52. The number of hydrogen-bond acceptors (Lipinski definition) is 4. The van der Waals surface area contributed by atoms with Crippen LogP contribution in [0.3, 0.4) is 0 Å². The molecule has 1 aliphatic rings. The average Bonchev–Trinajstić information content (AvgIpc) is 2.70. The first kappa shape index (κ1) is 20.8. The molecule has 0 aliphatic carbocycles. The Morgan fingerprint density at radius 1 is 1.17 bits per heavy atom. The van der Waals surface area contributed by atoms with Gasteiger partial charge in [0.05, 0.1) is 18.6 Å². The molecule has 1 aliphatic heterocycles. The minimum Gasteiger partial charge on any atom is -0.480 e. The summed E-state index contributed by atoms with van der Waals surface area (Å²) in [4.78, 5) is 39.0. The zero-order valence-corrected chi connectivity index (χ0v) is 16.6. The number of methoxy groups -OCH3 is 1. The molecule has 0 radical (unpaired) electrons. The van der Waals surface area contributed by atoms with E-state index in [9.17, 15) is 19.5 Å². The van der Waals surface area contributed by atoms with Crippen LogP contribution < -0.4 is 5.32 Å². The third-order valence-electron chi connectivity index (χ3n) is 4.84. The van der Waals surface area contributed by atoms with Crippen molar-refractivity contribution < 1.29 is 24.2 Å². The molecule has 0 fully saturated rings. The Morgan fingerprint density at radius 2 is 1.86 bits per heavy atom. The van der Waals surface area contributed by atoms with Crippen molar-refractivity contribution in [1.29, 1.82) is 0 Å². The second kappa shape index (κ2) is 9.07. The molecule has 152 valence electrons. The van der Waals surface area contributed by atoms with Crippen LogP contribution in [0.1, 0.15) is 33.4 Å². The summed E-state index contributed by atoms with van der Waals surface area (Å²) in [5, 5.41) is 12.7. The van der Waals surface area contributed by atoms with Gasteiger partial charge in [0.2, 0.25) is 5.91 Å². The Labute approximate surface area is 173 Å². The topological polar surface area (TPSA) is 95.9 Å².